The number of hydrogen-bond acceptors (Lipinski definition) is 6. The number of hydrogen-bond donors (Lipinski definition) is 1. The number of benzene rings is 3. The fourth-order valence-electron chi connectivity index (χ4n) is 5.46. The molecule has 1 amide bonds. The Morgan fingerprint density at radius 3 is 1.71 bits per heavy atom. The quantitative estimate of drug-likeness (QED) is 0.125. The van der Waals surface area contributed by atoms with Crippen LogP contribution in [0.15, 0.2) is 91.0 Å². The Morgan fingerprint density at radius 2 is 1.25 bits per heavy atom. The van der Waals surface area contributed by atoms with E-state index in [1.807, 2.05) is 91.0 Å². The van der Waals surface area contributed by atoms with Gasteiger partial charge in [0.2, 0.25) is 0 Å². The van der Waals surface area contributed by atoms with E-state index in [1.165, 1.54) is 0 Å². The lowest BCUT2D eigenvalue weighted by molar-refractivity contribution is -0.273. The summed E-state index contributed by atoms with van der Waals surface area (Å²) in [5, 5.41) is 2.75. The molecule has 0 saturated carbocycles. The molecule has 0 aliphatic carbocycles. The van der Waals surface area contributed by atoms with Gasteiger partial charge in [-0.3, -0.25) is 4.79 Å². The van der Waals surface area contributed by atoms with Gasteiger partial charge in [-0.2, -0.15) is 0 Å². The van der Waals surface area contributed by atoms with Gasteiger partial charge in [0.1, 0.15) is 24.4 Å². The maximum atomic E-state index is 13.3. The van der Waals surface area contributed by atoms with E-state index in [9.17, 15) is 4.79 Å². The Labute approximate surface area is 301 Å². The number of rotatable bonds is 15. The van der Waals surface area contributed by atoms with Crippen molar-refractivity contribution in [1.29, 1.82) is 0 Å². The zero-order valence-corrected chi connectivity index (χ0v) is 31.8. The van der Waals surface area contributed by atoms with Crippen LogP contribution in [0.4, 0.5) is 0 Å². The highest BCUT2D eigenvalue weighted by Gasteiger charge is 2.54. The second-order valence-corrected chi connectivity index (χ2v) is 20.4. The highest BCUT2D eigenvalue weighted by Crippen LogP contribution is 2.46. The lowest BCUT2D eigenvalue weighted by Crippen LogP contribution is -2.68. The number of nitrogens with one attached hydrogen (secondary N) is 1. The third-order valence-electron chi connectivity index (χ3n) is 9.57. The predicted molar refractivity (Wildman–Crippen MR) is 194 cm³/mol. The lowest BCUT2D eigenvalue weighted by atomic mass is 9.96. The van der Waals surface area contributed by atoms with Gasteiger partial charge in [-0.25, -0.2) is 0 Å². The molecule has 0 aromatic heterocycles. The van der Waals surface area contributed by atoms with Gasteiger partial charge in [-0.15, -0.1) is 0 Å². The molecule has 5 atom stereocenters. The summed E-state index contributed by atoms with van der Waals surface area (Å²) in [6.07, 6.45) is -3.06. The van der Waals surface area contributed by atoms with Crippen LogP contribution in [0.3, 0.4) is 0 Å². The van der Waals surface area contributed by atoms with Crippen LogP contribution in [0.25, 0.3) is 0 Å². The third-order valence-corrected chi connectivity index (χ3v) is 14.6. The number of halogens is 3. The number of amides is 1. The first-order valence-electron chi connectivity index (χ1n) is 16.3. The summed E-state index contributed by atoms with van der Waals surface area (Å²) < 4.78 is 31.2. The molecule has 1 saturated heterocycles. The van der Waals surface area contributed by atoms with Gasteiger partial charge in [0.25, 0.3) is 9.70 Å². The maximum absolute atomic E-state index is 13.3. The fraction of sp³-hybridized carbons (Fsp3) is 0.486. The average Bonchev–Trinajstić information content (AvgIpc) is 3.05. The molecule has 3 aromatic carbocycles. The van der Waals surface area contributed by atoms with E-state index in [2.05, 4.69) is 46.1 Å². The Bertz CT molecular complexity index is 1410. The summed E-state index contributed by atoms with van der Waals surface area (Å²) >= 11 is 18.3. The molecule has 7 nitrogen and oxygen atoms in total. The summed E-state index contributed by atoms with van der Waals surface area (Å²) in [5.41, 5.74) is 2.94. The molecule has 1 N–H and O–H groups in total. The molecule has 48 heavy (non-hydrogen) atoms. The summed E-state index contributed by atoms with van der Waals surface area (Å²) in [4.78, 5) is 13.3. The molecule has 1 heterocycles. The molecule has 4 rings (SSSR count). The molecule has 11 heteroatoms. The molecular formula is C37H48Cl3NO6Si. The van der Waals surface area contributed by atoms with Crippen molar-refractivity contribution in [3.05, 3.63) is 108 Å². The fourth-order valence-corrected chi connectivity index (χ4v) is 8.10. The van der Waals surface area contributed by atoms with Crippen molar-refractivity contribution >= 4 is 49.0 Å². The van der Waals surface area contributed by atoms with Crippen LogP contribution in [0, 0.1) is 5.92 Å². The van der Waals surface area contributed by atoms with Gasteiger partial charge < -0.3 is 28.7 Å². The topological polar surface area (TPSA) is 75.2 Å². The van der Waals surface area contributed by atoms with Crippen molar-refractivity contribution < 1.29 is 28.2 Å². The monoisotopic (exact) mass is 735 g/mol. The second-order valence-electron chi connectivity index (χ2n) is 13.6. The number of carbonyl (C=O) groups is 1. The third kappa shape index (κ3) is 10.5. The van der Waals surface area contributed by atoms with Crippen LogP contribution >= 0.6 is 34.8 Å². The van der Waals surface area contributed by atoms with Gasteiger partial charge in [0.05, 0.1) is 26.4 Å². The van der Waals surface area contributed by atoms with E-state index < -0.39 is 48.7 Å². The van der Waals surface area contributed by atoms with Gasteiger partial charge in [0.15, 0.2) is 14.6 Å². The van der Waals surface area contributed by atoms with Gasteiger partial charge >= 0.3 is 0 Å². The zero-order valence-electron chi connectivity index (χ0n) is 28.5. The molecule has 1 fully saturated rings. The summed E-state index contributed by atoms with van der Waals surface area (Å²) in [7, 11) is -2.56. The maximum Gasteiger partial charge on any atom is 0.272 e. The number of ether oxygens (including phenoxy) is 4. The van der Waals surface area contributed by atoms with Crippen molar-refractivity contribution in [3.8, 4) is 0 Å². The molecule has 1 aliphatic heterocycles. The summed E-state index contributed by atoms with van der Waals surface area (Å²) in [6, 6.07) is 28.7. The van der Waals surface area contributed by atoms with Crippen LogP contribution in [0.2, 0.25) is 18.1 Å². The zero-order chi connectivity index (χ0) is 35.0. The highest BCUT2D eigenvalue weighted by atomic mass is 35.6. The molecule has 3 aromatic rings. The minimum absolute atomic E-state index is 0.166. The Hall–Kier alpha value is -1.98. The van der Waals surface area contributed by atoms with E-state index >= 15 is 0 Å². The molecule has 0 spiro atoms. The smallest absolute Gasteiger partial charge is 0.272 e. The first-order valence-corrected chi connectivity index (χ1v) is 20.4. The van der Waals surface area contributed by atoms with Gasteiger partial charge in [0, 0.05) is 0 Å². The van der Waals surface area contributed by atoms with Crippen LogP contribution in [-0.2, 0) is 48.0 Å². The number of alkyl halides is 3. The second kappa shape index (κ2) is 17.3. The summed E-state index contributed by atoms with van der Waals surface area (Å²) in [6.45, 7) is 14.1. The van der Waals surface area contributed by atoms with Gasteiger partial charge in [-0.05, 0) is 40.7 Å². The molecule has 262 valence electrons. The van der Waals surface area contributed by atoms with Crippen molar-refractivity contribution in [2.24, 2.45) is 5.92 Å². The number of carbonyl (C=O) groups excluding carboxylic acids is 1. The SMILES string of the molecule is CC(C)C(C)(C)[Si](C)(C)O[C@@H]1O[C@H](COCc2ccccc2)[C@H](OCc2ccccc2)[C@H](OCc2ccccc2)[C@H]1NC(=O)C(Cl)(Cl)Cl. The highest BCUT2D eigenvalue weighted by molar-refractivity contribution is 6.76. The van der Waals surface area contributed by atoms with Crippen molar-refractivity contribution in [3.63, 3.8) is 0 Å². The van der Waals surface area contributed by atoms with E-state index in [0.717, 1.165) is 16.7 Å². The van der Waals surface area contributed by atoms with E-state index in [0.29, 0.717) is 12.5 Å². The largest absolute Gasteiger partial charge is 0.391 e. The Kier molecular flexibility index (Phi) is 14.0. The van der Waals surface area contributed by atoms with Gasteiger partial charge in [-0.1, -0.05) is 153 Å². The van der Waals surface area contributed by atoms with Crippen molar-refractivity contribution in [1.82, 2.24) is 5.32 Å². The van der Waals surface area contributed by atoms with Crippen molar-refractivity contribution in [2.45, 2.75) is 100 Å². The Morgan fingerprint density at radius 1 is 0.792 bits per heavy atom. The molecule has 1 aliphatic rings. The molecule has 0 unspecified atom stereocenters. The van der Waals surface area contributed by atoms with Crippen LogP contribution in [0.5, 0.6) is 0 Å². The van der Waals surface area contributed by atoms with Crippen LogP contribution in [-0.4, -0.2) is 55.3 Å². The molecule has 0 radical (unpaired) electrons. The Balaban J connectivity index is 1.74. The normalized spacial score (nSPS) is 22.1. The standard InChI is InChI=1S/C37H48Cl3NO6Si/c1-26(2)36(3,4)48(5,6)47-34-31(41-35(42)37(38,39)40)33(45-24-29-20-14-9-15-21-29)32(44-23-28-18-12-8-13-19-28)30(46-34)25-43-22-27-16-10-7-11-17-27/h7-21,26,30-34H,22-25H2,1-6H3,(H,41,42)/t30-,31-,32+,33-,34+/m1/s1. The minimum atomic E-state index is -2.56. The van der Waals surface area contributed by atoms with E-state index in [-0.39, 0.29) is 24.9 Å². The van der Waals surface area contributed by atoms with E-state index in [1.54, 1.807) is 0 Å². The predicted octanol–water partition coefficient (Wildman–Crippen LogP) is 8.61. The molecular weight excluding hydrogens is 689 g/mol. The minimum Gasteiger partial charge on any atom is -0.391 e. The first kappa shape index (κ1) is 38.8. The lowest BCUT2D eigenvalue weighted by Gasteiger charge is -2.51. The average molecular weight is 737 g/mol. The molecule has 0 bridgehead atoms. The first-order chi connectivity index (χ1) is 22.7. The van der Waals surface area contributed by atoms with Crippen LogP contribution < -0.4 is 5.32 Å². The van der Waals surface area contributed by atoms with Crippen LogP contribution in [0.1, 0.15) is 44.4 Å². The van der Waals surface area contributed by atoms with Crippen molar-refractivity contribution in [2.75, 3.05) is 6.61 Å². The summed E-state index contributed by atoms with van der Waals surface area (Å²) in [5.74, 6) is -0.500. The van der Waals surface area contributed by atoms with E-state index in [4.69, 9.17) is 58.2 Å².